The van der Waals surface area contributed by atoms with Gasteiger partial charge in [-0.2, -0.15) is 0 Å². The normalized spacial score (nSPS) is 24.3. The molecule has 3 heterocycles. The van der Waals surface area contributed by atoms with Gasteiger partial charge in [0.1, 0.15) is 30.2 Å². The second kappa shape index (κ2) is 15.0. The highest BCUT2D eigenvalue weighted by Crippen LogP contribution is 2.26. The van der Waals surface area contributed by atoms with Crippen LogP contribution >= 0.6 is 0 Å². The molecule has 0 unspecified atom stereocenters. The van der Waals surface area contributed by atoms with Gasteiger partial charge in [-0.3, -0.25) is 24.0 Å². The molecule has 43 heavy (non-hydrogen) atoms. The number of nitrogens with one attached hydrogen (secondary N) is 4. The van der Waals surface area contributed by atoms with Crippen LogP contribution in [0.1, 0.15) is 80.1 Å². The highest BCUT2D eigenvalue weighted by atomic mass is 16.4. The van der Waals surface area contributed by atoms with Crippen LogP contribution < -0.4 is 21.3 Å². The van der Waals surface area contributed by atoms with E-state index in [0.717, 1.165) is 13.0 Å². The summed E-state index contributed by atoms with van der Waals surface area (Å²) in [6.45, 7) is 12.2. The van der Waals surface area contributed by atoms with E-state index >= 15 is 0 Å². The largest absolute Gasteiger partial charge is 0.480 e. The van der Waals surface area contributed by atoms with Gasteiger partial charge in [-0.1, -0.05) is 41.5 Å². The molecule has 0 aliphatic carbocycles. The van der Waals surface area contributed by atoms with Gasteiger partial charge in [0, 0.05) is 13.1 Å². The van der Waals surface area contributed by atoms with Crippen molar-refractivity contribution in [3.8, 4) is 0 Å². The number of carboxylic acids is 1. The topological polar surface area (TPSA) is 177 Å². The van der Waals surface area contributed by atoms with Crippen molar-refractivity contribution >= 4 is 35.5 Å². The van der Waals surface area contributed by atoms with Crippen molar-refractivity contribution in [2.24, 2.45) is 17.8 Å². The Morgan fingerprint density at radius 2 is 1.19 bits per heavy atom. The van der Waals surface area contributed by atoms with Gasteiger partial charge in [-0.25, -0.2) is 4.79 Å². The Balaban J connectivity index is 1.70. The summed E-state index contributed by atoms with van der Waals surface area (Å²) in [5.41, 5.74) is 0. The molecule has 0 aromatic carbocycles. The summed E-state index contributed by atoms with van der Waals surface area (Å²) in [6.07, 6.45) is 3.57. The molecule has 3 saturated heterocycles. The van der Waals surface area contributed by atoms with Gasteiger partial charge in [0.25, 0.3) is 0 Å². The molecule has 0 saturated carbocycles. The lowest BCUT2D eigenvalue weighted by Crippen LogP contribution is -2.61. The smallest absolute Gasteiger partial charge is 0.326 e. The lowest BCUT2D eigenvalue weighted by atomic mass is 9.97. The number of rotatable bonds is 12. The molecule has 0 spiro atoms. The van der Waals surface area contributed by atoms with Crippen LogP contribution in [-0.2, 0) is 28.8 Å². The van der Waals surface area contributed by atoms with Crippen LogP contribution in [0.25, 0.3) is 0 Å². The van der Waals surface area contributed by atoms with E-state index in [0.29, 0.717) is 45.2 Å². The Morgan fingerprint density at radius 1 is 0.674 bits per heavy atom. The molecule has 0 aromatic rings. The fraction of sp³-hybridized carbons (Fsp3) is 0.800. The fourth-order valence-electron chi connectivity index (χ4n) is 6.18. The predicted octanol–water partition coefficient (Wildman–Crippen LogP) is 0.227. The highest BCUT2D eigenvalue weighted by Gasteiger charge is 2.44. The lowest BCUT2D eigenvalue weighted by molar-refractivity contribution is -0.152. The Morgan fingerprint density at radius 3 is 1.70 bits per heavy atom. The summed E-state index contributed by atoms with van der Waals surface area (Å²) in [4.78, 5) is 81.4. The number of hydrogen-bond acceptors (Lipinski definition) is 7. The van der Waals surface area contributed by atoms with Crippen LogP contribution in [0, 0.1) is 17.8 Å². The zero-order valence-corrected chi connectivity index (χ0v) is 26.4. The van der Waals surface area contributed by atoms with Gasteiger partial charge in [0.05, 0.1) is 6.04 Å². The average molecular weight is 607 g/mol. The van der Waals surface area contributed by atoms with Crippen molar-refractivity contribution in [2.45, 2.75) is 116 Å². The number of hydrogen-bond donors (Lipinski definition) is 5. The Hall–Kier alpha value is -3.22. The predicted molar refractivity (Wildman–Crippen MR) is 158 cm³/mol. The zero-order chi connectivity index (χ0) is 32.0. The molecule has 5 amide bonds. The number of nitrogens with zero attached hydrogens (tertiary/aromatic N) is 2. The Bertz CT molecular complexity index is 1060. The number of carbonyl (C=O) groups excluding carboxylic acids is 5. The van der Waals surface area contributed by atoms with Gasteiger partial charge in [0.2, 0.25) is 29.5 Å². The third-order valence-electron chi connectivity index (χ3n) is 8.74. The summed E-state index contributed by atoms with van der Waals surface area (Å²) in [6, 6.07) is -4.80. The minimum atomic E-state index is -1.05. The maximum Gasteiger partial charge on any atom is 0.326 e. The molecular weight excluding hydrogens is 556 g/mol. The van der Waals surface area contributed by atoms with Crippen LogP contribution in [0.5, 0.6) is 0 Å². The molecule has 0 bridgehead atoms. The summed E-state index contributed by atoms with van der Waals surface area (Å²) in [7, 11) is 0. The van der Waals surface area contributed by atoms with Gasteiger partial charge < -0.3 is 36.2 Å². The monoisotopic (exact) mass is 606 g/mol. The Kier molecular flexibility index (Phi) is 11.9. The summed E-state index contributed by atoms with van der Waals surface area (Å²) in [5, 5.41) is 21.1. The number of carboxylic acid groups (broad SMARTS) is 1. The van der Waals surface area contributed by atoms with E-state index in [1.165, 1.54) is 9.80 Å². The van der Waals surface area contributed by atoms with Crippen LogP contribution in [0.2, 0.25) is 0 Å². The van der Waals surface area contributed by atoms with Gasteiger partial charge >= 0.3 is 5.97 Å². The molecule has 0 aromatic heterocycles. The third-order valence-corrected chi connectivity index (χ3v) is 8.74. The summed E-state index contributed by atoms with van der Waals surface area (Å²) in [5.74, 6) is -3.96. The molecule has 3 aliphatic rings. The fourth-order valence-corrected chi connectivity index (χ4v) is 6.18. The van der Waals surface area contributed by atoms with Crippen LogP contribution in [0.3, 0.4) is 0 Å². The zero-order valence-electron chi connectivity index (χ0n) is 26.4. The SMILES string of the molecule is CC(C)[C@H](NC(=O)[C@@H]1CCCN1)C(=O)N[C@H](C(=O)N[C@H](C(=O)N1CCC[C@H]1C(=O)N1CCC[C@H]1C(=O)O)C(C)C)C(C)C. The van der Waals surface area contributed by atoms with E-state index in [1.54, 1.807) is 27.7 Å². The molecule has 3 fully saturated rings. The van der Waals surface area contributed by atoms with Crippen LogP contribution in [0.4, 0.5) is 0 Å². The van der Waals surface area contributed by atoms with Gasteiger partial charge in [0.15, 0.2) is 0 Å². The van der Waals surface area contributed by atoms with Crippen molar-refractivity contribution < 1.29 is 33.9 Å². The summed E-state index contributed by atoms with van der Waals surface area (Å²) >= 11 is 0. The second-order valence-electron chi connectivity index (χ2n) is 13.1. The van der Waals surface area contributed by atoms with Crippen molar-refractivity contribution in [3.63, 3.8) is 0 Å². The molecule has 6 atom stereocenters. The molecular formula is C30H50N6O7. The first-order valence-corrected chi connectivity index (χ1v) is 15.7. The quantitative estimate of drug-likeness (QED) is 0.210. The molecule has 13 nitrogen and oxygen atoms in total. The van der Waals surface area contributed by atoms with Crippen LogP contribution in [0.15, 0.2) is 0 Å². The number of aliphatic carboxylic acids is 1. The number of likely N-dealkylation sites (tertiary alicyclic amines) is 2. The van der Waals surface area contributed by atoms with E-state index in [1.807, 2.05) is 13.8 Å². The average Bonchev–Trinajstić information content (AvgIpc) is 3.73. The van der Waals surface area contributed by atoms with E-state index in [-0.39, 0.29) is 35.6 Å². The number of amides is 5. The molecule has 13 heteroatoms. The first-order chi connectivity index (χ1) is 20.2. The standard InChI is InChI=1S/C30H50N6O7/c1-16(2)22(32-25(37)19-10-7-13-31-19)26(38)33-23(17(3)4)27(39)34-24(18(5)6)29(41)35-14-8-11-20(35)28(40)36-15-9-12-21(36)30(42)43/h16-24,31H,7-15H2,1-6H3,(H,32,37)(H,33,38)(H,34,39)(H,42,43)/t19-,20-,21-,22-,23-,24-/m0/s1. The van der Waals surface area contributed by atoms with Gasteiger partial charge in [-0.15, -0.1) is 0 Å². The van der Waals surface area contributed by atoms with Gasteiger partial charge in [-0.05, 0) is 62.8 Å². The minimum absolute atomic E-state index is 0.229. The Labute approximate surface area is 254 Å². The van der Waals surface area contributed by atoms with Crippen molar-refractivity contribution in [1.29, 1.82) is 0 Å². The molecule has 242 valence electrons. The van der Waals surface area contributed by atoms with Crippen LogP contribution in [-0.4, -0.2) is 106 Å². The molecule has 3 aliphatic heterocycles. The van der Waals surface area contributed by atoms with E-state index in [9.17, 15) is 33.9 Å². The van der Waals surface area contributed by atoms with E-state index < -0.39 is 53.9 Å². The molecule has 3 rings (SSSR count). The van der Waals surface area contributed by atoms with E-state index in [2.05, 4.69) is 21.3 Å². The number of carbonyl (C=O) groups is 6. The maximum atomic E-state index is 13.8. The maximum absolute atomic E-state index is 13.8. The third kappa shape index (κ3) is 8.24. The van der Waals surface area contributed by atoms with Crippen molar-refractivity contribution in [2.75, 3.05) is 19.6 Å². The van der Waals surface area contributed by atoms with Crippen molar-refractivity contribution in [1.82, 2.24) is 31.1 Å². The minimum Gasteiger partial charge on any atom is -0.480 e. The first kappa shape index (κ1) is 34.3. The molecule has 0 radical (unpaired) electrons. The van der Waals surface area contributed by atoms with E-state index in [4.69, 9.17) is 0 Å². The lowest BCUT2D eigenvalue weighted by Gasteiger charge is -2.34. The summed E-state index contributed by atoms with van der Waals surface area (Å²) < 4.78 is 0. The molecule has 5 N–H and O–H groups in total. The van der Waals surface area contributed by atoms with Crippen molar-refractivity contribution in [3.05, 3.63) is 0 Å². The first-order valence-electron chi connectivity index (χ1n) is 15.7. The second-order valence-corrected chi connectivity index (χ2v) is 13.1. The highest BCUT2D eigenvalue weighted by molar-refractivity contribution is 5.97.